The summed E-state index contributed by atoms with van der Waals surface area (Å²) in [5, 5.41) is 0. The molecule has 1 aromatic carbocycles. The quantitative estimate of drug-likeness (QED) is 0.602. The number of para-hydroxylation sites is 2. The van der Waals surface area contributed by atoms with Gasteiger partial charge in [0.1, 0.15) is 11.2 Å². The molecule has 0 aliphatic carbocycles. The van der Waals surface area contributed by atoms with Crippen LogP contribution in [0.1, 0.15) is 0 Å². The summed E-state index contributed by atoms with van der Waals surface area (Å²) in [6.07, 6.45) is 1.98. The fourth-order valence-electron chi connectivity index (χ4n) is 1.67. The molecule has 3 heteroatoms. The summed E-state index contributed by atoms with van der Waals surface area (Å²) in [5.74, 6) is 0.670. The van der Waals surface area contributed by atoms with Crippen molar-refractivity contribution in [1.29, 1.82) is 0 Å². The van der Waals surface area contributed by atoms with Crippen molar-refractivity contribution in [2.75, 3.05) is 0 Å². The summed E-state index contributed by atoms with van der Waals surface area (Å²) in [5.41, 5.74) is 2.72. The number of oxazole rings is 1. The van der Waals surface area contributed by atoms with Gasteiger partial charge < -0.3 is 8.98 Å². The summed E-state index contributed by atoms with van der Waals surface area (Å²) in [4.78, 5) is 4.43. The molecule has 0 aliphatic rings. The Morgan fingerprint density at radius 2 is 2.00 bits per heavy atom. The van der Waals surface area contributed by atoms with E-state index in [0.717, 1.165) is 16.8 Å². The number of hydrogen-bond donors (Lipinski definition) is 0. The van der Waals surface area contributed by atoms with Crippen LogP contribution in [0.3, 0.4) is 0 Å². The first-order valence-electron chi connectivity index (χ1n) is 4.82. The van der Waals surface area contributed by atoms with Crippen molar-refractivity contribution < 1.29 is 4.42 Å². The van der Waals surface area contributed by atoms with E-state index in [0.29, 0.717) is 5.89 Å². The summed E-state index contributed by atoms with van der Waals surface area (Å²) in [6, 6.07) is 11.7. The fourth-order valence-corrected chi connectivity index (χ4v) is 1.67. The standard InChI is InChI=1S/C12H10N2O/c1-14-8-4-6-10(14)12-13-9-5-2-3-7-11(9)15-12/h2-8H,1H3. The van der Waals surface area contributed by atoms with Gasteiger partial charge in [0.25, 0.3) is 0 Å². The molecule has 74 valence electrons. The van der Waals surface area contributed by atoms with Crippen LogP contribution in [0, 0.1) is 0 Å². The molecule has 3 rings (SSSR count). The van der Waals surface area contributed by atoms with Crippen LogP contribution in [0.15, 0.2) is 47.0 Å². The lowest BCUT2D eigenvalue weighted by Gasteiger charge is -1.95. The maximum absolute atomic E-state index is 5.66. The van der Waals surface area contributed by atoms with E-state index in [1.165, 1.54) is 0 Å². The Labute approximate surface area is 87.0 Å². The molecule has 3 aromatic rings. The Hall–Kier alpha value is -2.03. The van der Waals surface area contributed by atoms with Crippen molar-refractivity contribution in [2.24, 2.45) is 7.05 Å². The smallest absolute Gasteiger partial charge is 0.244 e. The Bertz CT molecular complexity index is 574. The van der Waals surface area contributed by atoms with E-state index in [1.54, 1.807) is 0 Å². The zero-order chi connectivity index (χ0) is 10.3. The molecule has 0 aliphatic heterocycles. The van der Waals surface area contributed by atoms with Crippen LogP contribution < -0.4 is 0 Å². The van der Waals surface area contributed by atoms with E-state index in [4.69, 9.17) is 4.42 Å². The van der Waals surface area contributed by atoms with Gasteiger partial charge in [0, 0.05) is 13.2 Å². The van der Waals surface area contributed by atoms with Crippen LogP contribution in [0.4, 0.5) is 0 Å². The van der Waals surface area contributed by atoms with Crippen LogP contribution in [-0.4, -0.2) is 9.55 Å². The fraction of sp³-hybridized carbons (Fsp3) is 0.0833. The van der Waals surface area contributed by atoms with Crippen molar-refractivity contribution >= 4 is 11.1 Å². The van der Waals surface area contributed by atoms with E-state index in [1.807, 2.05) is 54.2 Å². The van der Waals surface area contributed by atoms with Gasteiger partial charge in [0.05, 0.1) is 0 Å². The number of nitrogens with zero attached hydrogens (tertiary/aromatic N) is 2. The average molecular weight is 198 g/mol. The molecular formula is C12H10N2O. The predicted molar refractivity (Wildman–Crippen MR) is 58.4 cm³/mol. The largest absolute Gasteiger partial charge is 0.435 e. The first-order valence-corrected chi connectivity index (χ1v) is 4.82. The van der Waals surface area contributed by atoms with E-state index in [9.17, 15) is 0 Å². The molecule has 0 radical (unpaired) electrons. The topological polar surface area (TPSA) is 31.0 Å². The van der Waals surface area contributed by atoms with Gasteiger partial charge in [0.15, 0.2) is 5.58 Å². The number of benzene rings is 1. The zero-order valence-corrected chi connectivity index (χ0v) is 8.34. The first-order chi connectivity index (χ1) is 7.34. The van der Waals surface area contributed by atoms with E-state index >= 15 is 0 Å². The second-order valence-corrected chi connectivity index (χ2v) is 3.49. The van der Waals surface area contributed by atoms with Crippen LogP contribution in [-0.2, 0) is 7.05 Å². The van der Waals surface area contributed by atoms with Crippen LogP contribution in [0.5, 0.6) is 0 Å². The van der Waals surface area contributed by atoms with Gasteiger partial charge in [-0.15, -0.1) is 0 Å². The molecule has 0 saturated carbocycles. The molecule has 0 atom stereocenters. The second-order valence-electron chi connectivity index (χ2n) is 3.49. The van der Waals surface area contributed by atoms with Gasteiger partial charge in [-0.3, -0.25) is 0 Å². The minimum Gasteiger partial charge on any atom is -0.435 e. The SMILES string of the molecule is Cn1cccc1-c1nc2ccccc2o1. The van der Waals surface area contributed by atoms with Crippen molar-refractivity contribution in [1.82, 2.24) is 9.55 Å². The maximum Gasteiger partial charge on any atom is 0.244 e. The van der Waals surface area contributed by atoms with E-state index in [2.05, 4.69) is 4.98 Å². The Balaban J connectivity index is 2.24. The maximum atomic E-state index is 5.66. The van der Waals surface area contributed by atoms with Gasteiger partial charge in [-0.05, 0) is 24.3 Å². The molecule has 2 heterocycles. The van der Waals surface area contributed by atoms with E-state index < -0.39 is 0 Å². The molecule has 0 saturated heterocycles. The minimum absolute atomic E-state index is 0.670. The molecule has 0 unspecified atom stereocenters. The Kier molecular flexibility index (Phi) is 1.65. The van der Waals surface area contributed by atoms with Crippen molar-refractivity contribution in [2.45, 2.75) is 0 Å². The number of hydrogen-bond acceptors (Lipinski definition) is 2. The third-order valence-electron chi connectivity index (χ3n) is 2.46. The molecular weight excluding hydrogens is 188 g/mol. The predicted octanol–water partition coefficient (Wildman–Crippen LogP) is 2.83. The summed E-state index contributed by atoms with van der Waals surface area (Å²) in [7, 11) is 1.98. The van der Waals surface area contributed by atoms with Gasteiger partial charge >= 0.3 is 0 Å². The highest BCUT2D eigenvalue weighted by atomic mass is 16.3. The molecule has 3 nitrogen and oxygen atoms in total. The third kappa shape index (κ3) is 1.24. The third-order valence-corrected chi connectivity index (χ3v) is 2.46. The lowest BCUT2D eigenvalue weighted by Crippen LogP contribution is -1.88. The number of aromatic nitrogens is 2. The van der Waals surface area contributed by atoms with Crippen molar-refractivity contribution in [3.05, 3.63) is 42.6 Å². The lowest BCUT2D eigenvalue weighted by molar-refractivity contribution is 0.612. The van der Waals surface area contributed by atoms with Gasteiger partial charge in [-0.25, -0.2) is 4.98 Å². The number of rotatable bonds is 1. The molecule has 0 N–H and O–H groups in total. The zero-order valence-electron chi connectivity index (χ0n) is 8.34. The summed E-state index contributed by atoms with van der Waals surface area (Å²) < 4.78 is 7.65. The molecule has 0 amide bonds. The molecule has 15 heavy (non-hydrogen) atoms. The minimum atomic E-state index is 0.670. The first kappa shape index (κ1) is 8.29. The molecule has 0 bridgehead atoms. The van der Waals surface area contributed by atoms with Crippen molar-refractivity contribution in [3.8, 4) is 11.6 Å². The monoisotopic (exact) mass is 198 g/mol. The van der Waals surface area contributed by atoms with Crippen LogP contribution >= 0.6 is 0 Å². The van der Waals surface area contributed by atoms with Crippen molar-refractivity contribution in [3.63, 3.8) is 0 Å². The average Bonchev–Trinajstić information content (AvgIpc) is 2.82. The summed E-state index contributed by atoms with van der Waals surface area (Å²) in [6.45, 7) is 0. The van der Waals surface area contributed by atoms with E-state index in [-0.39, 0.29) is 0 Å². The van der Waals surface area contributed by atoms with Crippen LogP contribution in [0.2, 0.25) is 0 Å². The second kappa shape index (κ2) is 2.98. The summed E-state index contributed by atoms with van der Waals surface area (Å²) >= 11 is 0. The van der Waals surface area contributed by atoms with Gasteiger partial charge in [-0.1, -0.05) is 12.1 Å². The molecule has 0 spiro atoms. The van der Waals surface area contributed by atoms with Crippen LogP contribution in [0.25, 0.3) is 22.7 Å². The van der Waals surface area contributed by atoms with Gasteiger partial charge in [0.2, 0.25) is 5.89 Å². The Morgan fingerprint density at radius 3 is 2.73 bits per heavy atom. The van der Waals surface area contributed by atoms with Gasteiger partial charge in [-0.2, -0.15) is 0 Å². The number of aryl methyl sites for hydroxylation is 1. The molecule has 0 fully saturated rings. The highest BCUT2D eigenvalue weighted by Crippen LogP contribution is 2.23. The lowest BCUT2D eigenvalue weighted by atomic mass is 10.3. The molecule has 2 aromatic heterocycles. The highest BCUT2D eigenvalue weighted by molar-refractivity contribution is 5.75. The highest BCUT2D eigenvalue weighted by Gasteiger charge is 2.09. The number of fused-ring (bicyclic) bond motifs is 1. The Morgan fingerprint density at radius 1 is 1.13 bits per heavy atom. The normalized spacial score (nSPS) is 11.0.